The van der Waals surface area contributed by atoms with Crippen molar-refractivity contribution < 1.29 is 13.9 Å². The summed E-state index contributed by atoms with van der Waals surface area (Å²) in [6.07, 6.45) is 0. The molecule has 0 aliphatic carbocycles. The van der Waals surface area contributed by atoms with Gasteiger partial charge in [-0.25, -0.2) is 4.39 Å². The smallest absolute Gasteiger partial charge is 0.272 e. The van der Waals surface area contributed by atoms with E-state index in [1.807, 2.05) is 6.92 Å². The van der Waals surface area contributed by atoms with Crippen LogP contribution in [0.25, 0.3) is 0 Å². The SMILES string of the molecule is [CH2+]C1(C)OC1(OC)c1ccc(F)cc1. The molecule has 1 aliphatic heterocycles. The van der Waals surface area contributed by atoms with Crippen molar-refractivity contribution >= 4 is 0 Å². The van der Waals surface area contributed by atoms with Crippen LogP contribution in [-0.2, 0) is 15.3 Å². The zero-order valence-corrected chi connectivity index (χ0v) is 8.21. The van der Waals surface area contributed by atoms with Crippen molar-refractivity contribution in [1.82, 2.24) is 0 Å². The van der Waals surface area contributed by atoms with Crippen LogP contribution in [-0.4, -0.2) is 12.7 Å². The molecule has 0 N–H and O–H groups in total. The van der Waals surface area contributed by atoms with E-state index in [9.17, 15) is 4.39 Å². The highest BCUT2D eigenvalue weighted by atomic mass is 19.1. The average molecular weight is 195 g/mol. The van der Waals surface area contributed by atoms with Crippen molar-refractivity contribution in [2.45, 2.75) is 18.3 Å². The van der Waals surface area contributed by atoms with Gasteiger partial charge < -0.3 is 4.74 Å². The number of ether oxygens (including phenoxy) is 2. The average Bonchev–Trinajstić information content (AvgIpc) is 2.71. The minimum Gasteiger partial charge on any atom is -0.343 e. The molecule has 1 aromatic carbocycles. The molecule has 2 unspecified atom stereocenters. The zero-order valence-electron chi connectivity index (χ0n) is 8.21. The van der Waals surface area contributed by atoms with Crippen molar-refractivity contribution in [2.75, 3.05) is 7.11 Å². The first-order valence-electron chi connectivity index (χ1n) is 4.38. The van der Waals surface area contributed by atoms with Crippen molar-refractivity contribution in [3.05, 3.63) is 42.6 Å². The van der Waals surface area contributed by atoms with Crippen LogP contribution in [0.3, 0.4) is 0 Å². The lowest BCUT2D eigenvalue weighted by molar-refractivity contribution is -0.0146. The number of methoxy groups -OCH3 is 1. The fourth-order valence-corrected chi connectivity index (χ4v) is 1.70. The van der Waals surface area contributed by atoms with Gasteiger partial charge in [-0.1, -0.05) is 12.1 Å². The molecule has 0 saturated carbocycles. The van der Waals surface area contributed by atoms with E-state index in [1.54, 1.807) is 19.2 Å². The predicted octanol–water partition coefficient (Wildman–Crippen LogP) is 2.25. The van der Waals surface area contributed by atoms with E-state index in [2.05, 4.69) is 6.92 Å². The molecule has 1 aromatic rings. The summed E-state index contributed by atoms with van der Waals surface area (Å²) < 4.78 is 23.4. The van der Waals surface area contributed by atoms with Crippen molar-refractivity contribution in [2.24, 2.45) is 0 Å². The van der Waals surface area contributed by atoms with Gasteiger partial charge in [0.2, 0.25) is 0 Å². The van der Waals surface area contributed by atoms with Gasteiger partial charge >= 0.3 is 0 Å². The molecule has 0 aromatic heterocycles. The van der Waals surface area contributed by atoms with Gasteiger partial charge in [-0.2, -0.15) is 0 Å². The summed E-state index contributed by atoms with van der Waals surface area (Å²) in [5.74, 6) is -1.08. The Hall–Kier alpha value is -1.06. The van der Waals surface area contributed by atoms with Crippen LogP contribution < -0.4 is 0 Å². The van der Waals surface area contributed by atoms with Crippen LogP contribution in [0.1, 0.15) is 12.5 Å². The topological polar surface area (TPSA) is 21.8 Å². The molecule has 1 heterocycles. The standard InChI is InChI=1S/C11H12FO2/c1-10(2)11(13-3,14-10)8-4-6-9(12)7-5-8/h4-7H,1H2,2-3H3/q+1. The molecule has 2 nitrogen and oxygen atoms in total. The van der Waals surface area contributed by atoms with E-state index in [0.29, 0.717) is 0 Å². The fourth-order valence-electron chi connectivity index (χ4n) is 1.70. The molecular weight excluding hydrogens is 183 g/mol. The lowest BCUT2D eigenvalue weighted by atomic mass is 9.99. The summed E-state index contributed by atoms with van der Waals surface area (Å²) in [4.78, 5) is 0. The Bertz CT molecular complexity index is 345. The quantitative estimate of drug-likeness (QED) is 0.533. The Balaban J connectivity index is 2.36. The Morgan fingerprint density at radius 3 is 2.21 bits per heavy atom. The van der Waals surface area contributed by atoms with Gasteiger partial charge in [0.05, 0.1) is 0 Å². The van der Waals surface area contributed by atoms with Crippen LogP contribution >= 0.6 is 0 Å². The summed E-state index contributed by atoms with van der Waals surface area (Å²) in [7, 11) is 1.56. The van der Waals surface area contributed by atoms with Gasteiger partial charge in [-0.3, -0.25) is 4.74 Å². The van der Waals surface area contributed by atoms with E-state index in [1.165, 1.54) is 12.1 Å². The first-order valence-corrected chi connectivity index (χ1v) is 4.38. The second-order valence-electron chi connectivity index (χ2n) is 3.66. The van der Waals surface area contributed by atoms with E-state index in [0.717, 1.165) is 5.56 Å². The van der Waals surface area contributed by atoms with Crippen molar-refractivity contribution in [3.8, 4) is 0 Å². The Morgan fingerprint density at radius 1 is 1.36 bits per heavy atom. The summed E-state index contributed by atoms with van der Waals surface area (Å²) in [5, 5.41) is 0. The van der Waals surface area contributed by atoms with E-state index in [4.69, 9.17) is 9.47 Å². The third-order valence-electron chi connectivity index (χ3n) is 2.54. The maximum Gasteiger partial charge on any atom is 0.272 e. The largest absolute Gasteiger partial charge is 0.343 e. The minimum absolute atomic E-state index is 0.272. The first kappa shape index (κ1) is 9.49. The maximum absolute atomic E-state index is 12.7. The molecule has 74 valence electrons. The van der Waals surface area contributed by atoms with Crippen molar-refractivity contribution in [3.63, 3.8) is 0 Å². The highest BCUT2D eigenvalue weighted by Crippen LogP contribution is 2.55. The van der Waals surface area contributed by atoms with Crippen LogP contribution in [0.5, 0.6) is 0 Å². The molecule has 0 spiro atoms. The molecule has 2 rings (SSSR count). The van der Waals surface area contributed by atoms with Gasteiger partial charge in [-0.15, -0.1) is 0 Å². The summed E-state index contributed by atoms with van der Waals surface area (Å²) in [6, 6.07) is 6.06. The van der Waals surface area contributed by atoms with Gasteiger partial charge in [0.25, 0.3) is 11.4 Å². The van der Waals surface area contributed by atoms with Gasteiger partial charge in [0.15, 0.2) is 0 Å². The molecule has 0 bridgehead atoms. The van der Waals surface area contributed by atoms with Crippen LogP contribution in [0.15, 0.2) is 24.3 Å². The third-order valence-corrected chi connectivity index (χ3v) is 2.54. The predicted molar refractivity (Wildman–Crippen MR) is 49.9 cm³/mol. The number of rotatable bonds is 2. The van der Waals surface area contributed by atoms with Gasteiger partial charge in [0, 0.05) is 19.6 Å². The van der Waals surface area contributed by atoms with Gasteiger partial charge in [0.1, 0.15) is 12.7 Å². The van der Waals surface area contributed by atoms with E-state index >= 15 is 0 Å². The minimum atomic E-state index is -0.805. The van der Waals surface area contributed by atoms with E-state index in [-0.39, 0.29) is 5.82 Å². The van der Waals surface area contributed by atoms with E-state index < -0.39 is 11.4 Å². The second kappa shape index (κ2) is 2.72. The summed E-state index contributed by atoms with van der Waals surface area (Å²) in [5.41, 5.74) is 0.207. The molecule has 14 heavy (non-hydrogen) atoms. The molecule has 1 saturated heterocycles. The first-order chi connectivity index (χ1) is 6.52. The van der Waals surface area contributed by atoms with Crippen LogP contribution in [0, 0.1) is 12.7 Å². The number of epoxide rings is 1. The monoisotopic (exact) mass is 195 g/mol. The normalized spacial score (nSPS) is 35.6. The lowest BCUT2D eigenvalue weighted by Crippen LogP contribution is -2.20. The van der Waals surface area contributed by atoms with Crippen molar-refractivity contribution in [1.29, 1.82) is 0 Å². The molecule has 3 heteroatoms. The number of hydrogen-bond acceptors (Lipinski definition) is 2. The van der Waals surface area contributed by atoms with Crippen LogP contribution in [0.4, 0.5) is 4.39 Å². The lowest BCUT2D eigenvalue weighted by Gasteiger charge is -2.09. The number of hydrogen-bond donors (Lipinski definition) is 0. The molecule has 2 atom stereocenters. The zero-order chi connectivity index (χ0) is 10.4. The number of halogens is 1. The van der Waals surface area contributed by atoms with Gasteiger partial charge in [-0.05, 0) is 12.1 Å². The molecule has 0 amide bonds. The second-order valence-corrected chi connectivity index (χ2v) is 3.66. The Kier molecular flexibility index (Phi) is 1.84. The van der Waals surface area contributed by atoms with Crippen LogP contribution in [0.2, 0.25) is 0 Å². The Morgan fingerprint density at radius 2 is 1.86 bits per heavy atom. The fraction of sp³-hybridized carbons (Fsp3) is 0.364. The molecule has 1 fully saturated rings. The number of benzene rings is 1. The third kappa shape index (κ3) is 1.13. The Labute approximate surface area is 82.6 Å². The molecule has 1 aliphatic rings. The molecule has 0 radical (unpaired) electrons. The summed E-state index contributed by atoms with van der Waals surface area (Å²) >= 11 is 0. The highest BCUT2D eigenvalue weighted by molar-refractivity contribution is 5.31. The molecular formula is C11H12FO2+. The highest BCUT2D eigenvalue weighted by Gasteiger charge is 2.73. The summed E-state index contributed by atoms with van der Waals surface area (Å²) in [6.45, 7) is 5.70. The maximum atomic E-state index is 12.7.